The zero-order valence-electron chi connectivity index (χ0n) is 11.8. The number of aliphatic hydroxyl groups is 1. The lowest BCUT2D eigenvalue weighted by Gasteiger charge is -2.39. The number of halogens is 3. The molecule has 2 heterocycles. The molecule has 1 amide bonds. The average Bonchev–Trinajstić information content (AvgIpc) is 3.05. The summed E-state index contributed by atoms with van der Waals surface area (Å²) in [6.07, 6.45) is -2.67. The van der Waals surface area contributed by atoms with Gasteiger partial charge in [-0.1, -0.05) is 6.92 Å². The summed E-state index contributed by atoms with van der Waals surface area (Å²) in [5, 5.41) is 14.3. The molecule has 1 aliphatic heterocycles. The third kappa shape index (κ3) is 2.05. The topological polar surface area (TPSA) is 66.0 Å². The summed E-state index contributed by atoms with van der Waals surface area (Å²) >= 11 is 0. The Morgan fingerprint density at radius 3 is 2.86 bits per heavy atom. The van der Waals surface area contributed by atoms with Crippen LogP contribution in [0.1, 0.15) is 36.7 Å². The van der Waals surface area contributed by atoms with Crippen molar-refractivity contribution in [3.05, 3.63) is 24.2 Å². The Balaban J connectivity index is 2.04. The van der Waals surface area contributed by atoms with Crippen LogP contribution in [-0.4, -0.2) is 33.6 Å². The van der Waals surface area contributed by atoms with Crippen LogP contribution in [0.2, 0.25) is 0 Å². The molecule has 1 aromatic heterocycles. The van der Waals surface area contributed by atoms with Gasteiger partial charge in [-0.05, 0) is 37.3 Å². The predicted octanol–water partition coefficient (Wildman–Crippen LogP) is 2.78. The van der Waals surface area contributed by atoms with Crippen molar-refractivity contribution in [2.24, 2.45) is 16.9 Å². The highest BCUT2D eigenvalue weighted by molar-refractivity contribution is 5.97. The maximum atomic E-state index is 13.5. The van der Waals surface area contributed by atoms with Crippen LogP contribution in [0.3, 0.4) is 0 Å². The molecule has 1 aliphatic carbocycles. The van der Waals surface area contributed by atoms with Crippen LogP contribution in [0.5, 0.6) is 0 Å². The van der Waals surface area contributed by atoms with Crippen molar-refractivity contribution in [2.45, 2.75) is 38.1 Å². The molecule has 120 valence electrons. The van der Waals surface area contributed by atoms with E-state index in [4.69, 9.17) is 4.42 Å². The lowest BCUT2D eigenvalue weighted by atomic mass is 9.76. The van der Waals surface area contributed by atoms with Crippen molar-refractivity contribution in [2.75, 3.05) is 0 Å². The van der Waals surface area contributed by atoms with E-state index < -0.39 is 23.7 Å². The number of rotatable bonds is 1. The number of furan rings is 1. The van der Waals surface area contributed by atoms with Gasteiger partial charge in [0, 0.05) is 5.71 Å². The van der Waals surface area contributed by atoms with Crippen molar-refractivity contribution in [3.63, 3.8) is 0 Å². The lowest BCUT2D eigenvalue weighted by Crippen LogP contribution is -2.61. The number of nitrogens with zero attached hydrogens (tertiary/aromatic N) is 2. The number of carbonyl (C=O) groups excluding carboxylic acids is 1. The zero-order chi connectivity index (χ0) is 16.1. The van der Waals surface area contributed by atoms with Crippen LogP contribution in [0, 0.1) is 11.8 Å². The largest absolute Gasteiger partial charge is 0.459 e. The second-order valence-electron chi connectivity index (χ2n) is 5.84. The van der Waals surface area contributed by atoms with E-state index in [0.29, 0.717) is 12.8 Å². The summed E-state index contributed by atoms with van der Waals surface area (Å²) in [6.45, 7) is 1.82. The first-order valence-corrected chi connectivity index (χ1v) is 6.99. The van der Waals surface area contributed by atoms with Crippen LogP contribution < -0.4 is 0 Å². The van der Waals surface area contributed by atoms with Crippen LogP contribution >= 0.6 is 0 Å². The molecule has 0 bridgehead atoms. The summed E-state index contributed by atoms with van der Waals surface area (Å²) in [5.74, 6) is -2.59. The number of fused-ring (bicyclic) bond motifs is 1. The molecule has 0 spiro atoms. The molecule has 0 radical (unpaired) electrons. The Kier molecular flexibility index (Phi) is 3.32. The Morgan fingerprint density at radius 2 is 2.27 bits per heavy atom. The number of amides is 1. The van der Waals surface area contributed by atoms with E-state index in [1.54, 1.807) is 0 Å². The second kappa shape index (κ2) is 4.84. The van der Waals surface area contributed by atoms with Crippen LogP contribution in [0.15, 0.2) is 27.9 Å². The second-order valence-corrected chi connectivity index (χ2v) is 5.84. The first kappa shape index (κ1) is 15.1. The van der Waals surface area contributed by atoms with E-state index in [1.807, 2.05) is 6.92 Å². The van der Waals surface area contributed by atoms with Crippen molar-refractivity contribution < 1.29 is 27.5 Å². The monoisotopic (exact) mass is 316 g/mol. The zero-order valence-corrected chi connectivity index (χ0v) is 11.8. The van der Waals surface area contributed by atoms with Gasteiger partial charge in [-0.3, -0.25) is 4.79 Å². The van der Waals surface area contributed by atoms with Gasteiger partial charge in [0.05, 0.1) is 12.2 Å². The average molecular weight is 316 g/mol. The number of hydrogen-bond donors (Lipinski definition) is 1. The van der Waals surface area contributed by atoms with Gasteiger partial charge in [-0.25, -0.2) is 0 Å². The highest BCUT2D eigenvalue weighted by Gasteiger charge is 2.69. The summed E-state index contributed by atoms with van der Waals surface area (Å²) in [5.41, 5.74) is -3.10. The summed E-state index contributed by atoms with van der Waals surface area (Å²) in [6, 6.07) is 2.63. The minimum absolute atomic E-state index is 0.0245. The first-order chi connectivity index (χ1) is 10.2. The van der Waals surface area contributed by atoms with E-state index in [1.165, 1.54) is 18.4 Å². The van der Waals surface area contributed by atoms with Gasteiger partial charge in [0.1, 0.15) is 0 Å². The van der Waals surface area contributed by atoms with Crippen molar-refractivity contribution in [1.82, 2.24) is 5.01 Å². The van der Waals surface area contributed by atoms with Gasteiger partial charge in [0.25, 0.3) is 5.72 Å². The van der Waals surface area contributed by atoms with Crippen molar-refractivity contribution >= 4 is 11.6 Å². The number of carbonyl (C=O) groups is 1. The molecule has 5 nitrogen and oxygen atoms in total. The van der Waals surface area contributed by atoms with E-state index in [0.717, 1.165) is 0 Å². The highest BCUT2D eigenvalue weighted by Crippen LogP contribution is 2.49. The molecular weight excluding hydrogens is 301 g/mol. The van der Waals surface area contributed by atoms with Crippen molar-refractivity contribution in [3.8, 4) is 0 Å². The lowest BCUT2D eigenvalue weighted by molar-refractivity contribution is -0.313. The van der Waals surface area contributed by atoms with E-state index in [9.17, 15) is 23.1 Å². The Hall–Kier alpha value is -1.83. The van der Waals surface area contributed by atoms with Gasteiger partial charge in [0.2, 0.25) is 0 Å². The normalized spacial score (nSPS) is 31.9. The first-order valence-electron chi connectivity index (χ1n) is 6.99. The molecule has 0 aromatic carbocycles. The molecular formula is C14H15F3N2O3. The number of hydrazone groups is 1. The molecule has 1 aromatic rings. The molecule has 1 fully saturated rings. The standard InChI is InChI=1S/C14H15F3N2O3/c1-8-4-5-10-9(7-8)13(21,14(15,16)17)19(18-10)12(20)11-3-2-6-22-11/h2-3,6,8-9,21H,4-5,7H2,1H3/t8-,9+,13+/m1/s1. The maximum Gasteiger partial charge on any atom is 0.439 e. The number of alkyl halides is 3. The molecule has 1 saturated carbocycles. The molecule has 3 rings (SSSR count). The molecule has 22 heavy (non-hydrogen) atoms. The van der Waals surface area contributed by atoms with E-state index in [-0.39, 0.29) is 28.8 Å². The van der Waals surface area contributed by atoms with Gasteiger partial charge >= 0.3 is 12.1 Å². The van der Waals surface area contributed by atoms with Crippen molar-refractivity contribution in [1.29, 1.82) is 0 Å². The predicted molar refractivity (Wildman–Crippen MR) is 69.8 cm³/mol. The summed E-state index contributed by atoms with van der Waals surface area (Å²) in [4.78, 5) is 12.3. The van der Waals surface area contributed by atoms with Gasteiger partial charge in [-0.15, -0.1) is 0 Å². The Bertz CT molecular complexity index is 611. The van der Waals surface area contributed by atoms with Gasteiger partial charge < -0.3 is 9.52 Å². The third-order valence-electron chi connectivity index (χ3n) is 4.31. The van der Waals surface area contributed by atoms with Gasteiger partial charge in [-0.2, -0.15) is 23.3 Å². The molecule has 1 N–H and O–H groups in total. The molecule has 3 atom stereocenters. The number of hydrogen-bond acceptors (Lipinski definition) is 4. The summed E-state index contributed by atoms with van der Waals surface area (Å²) < 4.78 is 45.5. The fourth-order valence-electron chi connectivity index (χ4n) is 3.12. The van der Waals surface area contributed by atoms with Crippen LogP contribution in [-0.2, 0) is 0 Å². The Morgan fingerprint density at radius 1 is 1.55 bits per heavy atom. The molecule has 0 saturated heterocycles. The third-order valence-corrected chi connectivity index (χ3v) is 4.31. The summed E-state index contributed by atoms with van der Waals surface area (Å²) in [7, 11) is 0. The van der Waals surface area contributed by atoms with Crippen LogP contribution in [0.25, 0.3) is 0 Å². The highest BCUT2D eigenvalue weighted by atomic mass is 19.4. The fourth-order valence-corrected chi connectivity index (χ4v) is 3.12. The quantitative estimate of drug-likeness (QED) is 0.866. The molecule has 2 aliphatic rings. The molecule has 8 heteroatoms. The fraction of sp³-hybridized carbons (Fsp3) is 0.571. The minimum atomic E-state index is -5.01. The Labute approximate surface area is 124 Å². The van der Waals surface area contributed by atoms with E-state index >= 15 is 0 Å². The van der Waals surface area contributed by atoms with Gasteiger partial charge in [0.15, 0.2) is 5.76 Å². The van der Waals surface area contributed by atoms with Crippen LogP contribution in [0.4, 0.5) is 13.2 Å². The smallest absolute Gasteiger partial charge is 0.439 e. The maximum absolute atomic E-state index is 13.5. The minimum Gasteiger partial charge on any atom is -0.459 e. The SMILES string of the molecule is C[C@@H]1CCC2=NN(C(=O)c3ccco3)[C@@](O)(C(F)(F)F)[C@H]2C1. The molecule has 0 unspecified atom stereocenters. The van der Waals surface area contributed by atoms with E-state index in [2.05, 4.69) is 5.10 Å².